The Balaban J connectivity index is 2.58. The van der Waals surface area contributed by atoms with E-state index in [1.54, 1.807) is 14.2 Å². The molecule has 0 amide bonds. The average Bonchev–Trinajstić information content (AvgIpc) is 2.17. The monoisotopic (exact) mass is 196 g/mol. The molecule has 1 aromatic rings. The highest BCUT2D eigenvalue weighted by Crippen LogP contribution is 2.07. The topological polar surface area (TPSA) is 44.5 Å². The standard InChI is InChI=1S/C9H14NO2Si/c1-11-13(12-2)7-8-3-5-9(10)6-4-8/h3-6H,7,10H2,1-2H3. The maximum absolute atomic E-state index is 5.57. The van der Waals surface area contributed by atoms with E-state index in [1.165, 1.54) is 5.56 Å². The Hall–Kier alpha value is -0.843. The maximum Gasteiger partial charge on any atom is 0.388 e. The van der Waals surface area contributed by atoms with E-state index in [-0.39, 0.29) is 0 Å². The second kappa shape index (κ2) is 5.01. The van der Waals surface area contributed by atoms with Crippen LogP contribution in [0.4, 0.5) is 5.69 Å². The van der Waals surface area contributed by atoms with E-state index in [4.69, 9.17) is 14.6 Å². The summed E-state index contributed by atoms with van der Waals surface area (Å²) in [5.74, 6) is 0. The summed E-state index contributed by atoms with van der Waals surface area (Å²) in [6.45, 7) is 0. The van der Waals surface area contributed by atoms with E-state index in [2.05, 4.69) is 0 Å². The van der Waals surface area contributed by atoms with E-state index in [0.29, 0.717) is 0 Å². The van der Waals surface area contributed by atoms with Gasteiger partial charge < -0.3 is 14.6 Å². The number of nitrogens with two attached hydrogens (primary N) is 1. The molecule has 0 fully saturated rings. The van der Waals surface area contributed by atoms with Crippen LogP contribution in [0.1, 0.15) is 5.56 Å². The van der Waals surface area contributed by atoms with Crippen molar-refractivity contribution in [3.8, 4) is 0 Å². The Kier molecular flexibility index (Phi) is 3.95. The molecule has 71 valence electrons. The summed E-state index contributed by atoms with van der Waals surface area (Å²) in [5, 5.41) is 0. The first-order valence-electron chi connectivity index (χ1n) is 4.04. The largest absolute Gasteiger partial charge is 0.399 e. The predicted octanol–water partition coefficient (Wildman–Crippen LogP) is 1.13. The molecule has 2 N–H and O–H groups in total. The van der Waals surface area contributed by atoms with Gasteiger partial charge in [-0.05, 0) is 17.7 Å². The Labute approximate surface area is 80.3 Å². The van der Waals surface area contributed by atoms with Crippen LogP contribution in [-0.4, -0.2) is 23.5 Å². The molecule has 0 spiro atoms. The molecule has 0 aliphatic heterocycles. The molecule has 0 heterocycles. The summed E-state index contributed by atoms with van der Waals surface area (Å²) in [6.07, 6.45) is 0. The Morgan fingerprint density at radius 1 is 1.15 bits per heavy atom. The third-order valence-electron chi connectivity index (χ3n) is 1.78. The van der Waals surface area contributed by atoms with Gasteiger partial charge >= 0.3 is 9.28 Å². The fourth-order valence-corrected chi connectivity index (χ4v) is 2.05. The minimum absolute atomic E-state index is 0.785. The normalized spacial score (nSPS) is 10.7. The maximum atomic E-state index is 5.57. The molecule has 0 atom stereocenters. The molecule has 0 unspecified atom stereocenters. The fraction of sp³-hybridized carbons (Fsp3) is 0.333. The summed E-state index contributed by atoms with van der Waals surface area (Å²) in [5.41, 5.74) is 7.55. The van der Waals surface area contributed by atoms with E-state index in [1.807, 2.05) is 24.3 Å². The van der Waals surface area contributed by atoms with Crippen LogP contribution in [0.5, 0.6) is 0 Å². The third kappa shape index (κ3) is 3.18. The van der Waals surface area contributed by atoms with Crippen LogP contribution in [0.25, 0.3) is 0 Å². The molecule has 0 aliphatic rings. The van der Waals surface area contributed by atoms with Crippen LogP contribution in [-0.2, 0) is 14.9 Å². The van der Waals surface area contributed by atoms with Gasteiger partial charge in [-0.15, -0.1) is 0 Å². The molecular formula is C9H14NO2Si. The average molecular weight is 196 g/mol. The van der Waals surface area contributed by atoms with E-state index < -0.39 is 9.28 Å². The van der Waals surface area contributed by atoms with Gasteiger partial charge in [-0.2, -0.15) is 0 Å². The molecule has 4 heteroatoms. The van der Waals surface area contributed by atoms with Crippen LogP contribution in [0.15, 0.2) is 24.3 Å². The molecule has 1 rings (SSSR count). The van der Waals surface area contributed by atoms with Gasteiger partial charge in [0, 0.05) is 26.0 Å². The lowest BCUT2D eigenvalue weighted by Gasteiger charge is -2.08. The molecule has 0 aromatic heterocycles. The zero-order valence-corrected chi connectivity index (χ0v) is 8.91. The Bertz CT molecular complexity index is 246. The van der Waals surface area contributed by atoms with E-state index in [0.717, 1.165) is 11.7 Å². The highest BCUT2D eigenvalue weighted by atomic mass is 28.3. The van der Waals surface area contributed by atoms with Crippen LogP contribution in [0.3, 0.4) is 0 Å². The Morgan fingerprint density at radius 2 is 1.69 bits per heavy atom. The van der Waals surface area contributed by atoms with Gasteiger partial charge in [-0.1, -0.05) is 12.1 Å². The van der Waals surface area contributed by atoms with Crippen LogP contribution < -0.4 is 5.73 Å². The predicted molar refractivity (Wildman–Crippen MR) is 54.3 cm³/mol. The van der Waals surface area contributed by atoms with Crippen LogP contribution >= 0.6 is 0 Å². The molecule has 0 bridgehead atoms. The van der Waals surface area contributed by atoms with Crippen molar-refractivity contribution in [1.29, 1.82) is 0 Å². The van der Waals surface area contributed by atoms with Crippen LogP contribution in [0.2, 0.25) is 0 Å². The summed E-state index contributed by atoms with van der Waals surface area (Å²) >= 11 is 0. The second-order valence-corrected chi connectivity index (χ2v) is 4.61. The molecular weight excluding hydrogens is 182 g/mol. The Morgan fingerprint density at radius 3 is 2.15 bits per heavy atom. The first kappa shape index (κ1) is 10.2. The molecule has 1 radical (unpaired) electrons. The molecule has 0 saturated heterocycles. The van der Waals surface area contributed by atoms with E-state index >= 15 is 0 Å². The zero-order chi connectivity index (χ0) is 9.68. The summed E-state index contributed by atoms with van der Waals surface area (Å²) < 4.78 is 10.4. The lowest BCUT2D eigenvalue weighted by molar-refractivity contribution is 0.277. The highest BCUT2D eigenvalue weighted by molar-refractivity contribution is 6.43. The summed E-state index contributed by atoms with van der Waals surface area (Å²) in [6, 6.07) is 8.62. The highest BCUT2D eigenvalue weighted by Gasteiger charge is 2.12. The summed E-state index contributed by atoms with van der Waals surface area (Å²) in [4.78, 5) is 0. The lowest BCUT2D eigenvalue weighted by Crippen LogP contribution is -2.22. The molecule has 3 nitrogen and oxygen atoms in total. The van der Waals surface area contributed by atoms with Crippen molar-refractivity contribution in [3.05, 3.63) is 29.8 Å². The number of hydrogen-bond acceptors (Lipinski definition) is 3. The van der Waals surface area contributed by atoms with Crippen molar-refractivity contribution in [2.45, 2.75) is 6.04 Å². The smallest absolute Gasteiger partial charge is 0.388 e. The number of benzene rings is 1. The molecule has 13 heavy (non-hydrogen) atoms. The lowest BCUT2D eigenvalue weighted by atomic mass is 10.2. The van der Waals surface area contributed by atoms with Crippen molar-refractivity contribution < 1.29 is 8.85 Å². The second-order valence-electron chi connectivity index (χ2n) is 2.70. The van der Waals surface area contributed by atoms with Gasteiger partial charge in [-0.25, -0.2) is 0 Å². The quantitative estimate of drug-likeness (QED) is 0.580. The summed E-state index contributed by atoms with van der Waals surface area (Å²) in [7, 11) is 2.22. The molecule has 1 aromatic carbocycles. The fourth-order valence-electron chi connectivity index (χ4n) is 1.03. The van der Waals surface area contributed by atoms with Gasteiger partial charge in [-0.3, -0.25) is 0 Å². The SMILES string of the molecule is CO[Si](Cc1ccc(N)cc1)OC. The van der Waals surface area contributed by atoms with Crippen LogP contribution in [0, 0.1) is 0 Å². The van der Waals surface area contributed by atoms with Gasteiger partial charge in [0.25, 0.3) is 0 Å². The van der Waals surface area contributed by atoms with Gasteiger partial charge in [0.1, 0.15) is 0 Å². The van der Waals surface area contributed by atoms with Crippen molar-refractivity contribution in [2.75, 3.05) is 20.0 Å². The van der Waals surface area contributed by atoms with Crippen molar-refractivity contribution in [2.24, 2.45) is 0 Å². The molecule has 0 saturated carbocycles. The minimum atomic E-state index is -1.13. The van der Waals surface area contributed by atoms with Crippen molar-refractivity contribution in [3.63, 3.8) is 0 Å². The number of hydrogen-bond donors (Lipinski definition) is 1. The first-order valence-corrected chi connectivity index (χ1v) is 5.57. The zero-order valence-electron chi connectivity index (χ0n) is 7.91. The minimum Gasteiger partial charge on any atom is -0.399 e. The van der Waals surface area contributed by atoms with Gasteiger partial charge in [0.15, 0.2) is 0 Å². The number of anilines is 1. The van der Waals surface area contributed by atoms with Gasteiger partial charge in [0.2, 0.25) is 0 Å². The number of nitrogen functional groups attached to an aromatic ring is 1. The van der Waals surface area contributed by atoms with Crippen molar-refractivity contribution >= 4 is 15.0 Å². The van der Waals surface area contributed by atoms with Gasteiger partial charge in [0.05, 0.1) is 0 Å². The number of rotatable bonds is 4. The third-order valence-corrected chi connectivity index (χ3v) is 3.39. The van der Waals surface area contributed by atoms with E-state index in [9.17, 15) is 0 Å². The molecule has 0 aliphatic carbocycles. The first-order chi connectivity index (χ1) is 6.26. The van der Waals surface area contributed by atoms with Crippen molar-refractivity contribution in [1.82, 2.24) is 0 Å².